The van der Waals surface area contributed by atoms with Gasteiger partial charge in [0.15, 0.2) is 6.10 Å². The molecule has 6 heteroatoms. The van der Waals surface area contributed by atoms with Crippen LogP contribution in [0.1, 0.15) is 342 Å². The molecule has 0 fully saturated rings. The zero-order valence-corrected chi connectivity index (χ0v) is 44.3. The minimum atomic E-state index is -0.758. The van der Waals surface area contributed by atoms with Crippen LogP contribution in [0.2, 0.25) is 0 Å². The average Bonchev–Trinajstić information content (AvgIpc) is 3.30. The molecular weight excluding hydrogens is 805 g/mol. The second kappa shape index (κ2) is 55.0. The lowest BCUT2D eigenvalue weighted by molar-refractivity contribution is -0.167. The maximum atomic E-state index is 12.7. The summed E-state index contributed by atoms with van der Waals surface area (Å²) in [5.74, 6) is -0.855. The van der Waals surface area contributed by atoms with Crippen molar-refractivity contribution in [3.63, 3.8) is 0 Å². The van der Waals surface area contributed by atoms with Crippen LogP contribution >= 0.6 is 0 Å². The molecule has 386 valence electrons. The zero-order valence-electron chi connectivity index (χ0n) is 44.3. The van der Waals surface area contributed by atoms with Crippen molar-refractivity contribution >= 4 is 17.9 Å². The Hall–Kier alpha value is -1.59. The standard InChI is InChI=1S/C59H114O6/c1-4-7-10-13-15-17-19-21-22-23-24-25-26-27-28-29-30-31-32-33-34-35-36-38-39-41-43-46-49-52-58(61)64-55-56(54-63-57(60)51-48-45-12-9-6-3)65-59(62)53-50-47-44-42-40-37-20-18-16-14-11-8-5-2/h56H,4-55H2,1-3H3. The first kappa shape index (κ1) is 63.4. The number of rotatable bonds is 55. The van der Waals surface area contributed by atoms with E-state index in [9.17, 15) is 14.4 Å². The molecule has 0 N–H and O–H groups in total. The van der Waals surface area contributed by atoms with Crippen LogP contribution in [0, 0.1) is 0 Å². The maximum Gasteiger partial charge on any atom is 0.306 e. The van der Waals surface area contributed by atoms with Crippen LogP contribution in [0.3, 0.4) is 0 Å². The van der Waals surface area contributed by atoms with Crippen LogP contribution in [0.4, 0.5) is 0 Å². The van der Waals surface area contributed by atoms with Crippen molar-refractivity contribution in [3.05, 3.63) is 0 Å². The average molecular weight is 920 g/mol. The van der Waals surface area contributed by atoms with Gasteiger partial charge in [0.05, 0.1) is 0 Å². The van der Waals surface area contributed by atoms with Gasteiger partial charge in [0.1, 0.15) is 13.2 Å². The van der Waals surface area contributed by atoms with Gasteiger partial charge in [-0.3, -0.25) is 14.4 Å². The SMILES string of the molecule is CCCCCCCCCCCCCCCCCCCCCCCCCCCCCCCC(=O)OCC(COC(=O)CCCCCCC)OC(=O)CCCCCCCCCCCCCCC. The smallest absolute Gasteiger partial charge is 0.306 e. The number of carbonyl (C=O) groups is 3. The Kier molecular flexibility index (Phi) is 53.7. The van der Waals surface area contributed by atoms with E-state index in [1.165, 1.54) is 238 Å². The monoisotopic (exact) mass is 919 g/mol. The molecule has 0 saturated carbocycles. The quantitative estimate of drug-likeness (QED) is 0.0344. The summed E-state index contributed by atoms with van der Waals surface area (Å²) in [4.78, 5) is 37.7. The topological polar surface area (TPSA) is 78.9 Å². The molecule has 0 saturated heterocycles. The van der Waals surface area contributed by atoms with E-state index in [1.54, 1.807) is 0 Å². The van der Waals surface area contributed by atoms with Crippen molar-refractivity contribution in [2.75, 3.05) is 13.2 Å². The van der Waals surface area contributed by atoms with E-state index in [4.69, 9.17) is 14.2 Å². The van der Waals surface area contributed by atoms with Crippen LogP contribution in [0.15, 0.2) is 0 Å². The fraction of sp³-hybridized carbons (Fsp3) is 0.949. The van der Waals surface area contributed by atoms with Crippen molar-refractivity contribution in [2.24, 2.45) is 0 Å². The van der Waals surface area contributed by atoms with Gasteiger partial charge in [-0.2, -0.15) is 0 Å². The highest BCUT2D eigenvalue weighted by molar-refractivity contribution is 5.71. The fourth-order valence-corrected chi connectivity index (χ4v) is 9.15. The lowest BCUT2D eigenvalue weighted by atomic mass is 10.0. The number of esters is 3. The molecule has 1 atom stereocenters. The summed E-state index contributed by atoms with van der Waals surface area (Å²) < 4.78 is 16.7. The molecule has 65 heavy (non-hydrogen) atoms. The maximum absolute atomic E-state index is 12.7. The van der Waals surface area contributed by atoms with Crippen molar-refractivity contribution < 1.29 is 28.6 Å². The van der Waals surface area contributed by atoms with Crippen LogP contribution in [-0.4, -0.2) is 37.2 Å². The van der Waals surface area contributed by atoms with E-state index >= 15 is 0 Å². The molecule has 0 aromatic carbocycles. The molecular formula is C59H114O6. The number of ether oxygens (including phenoxy) is 3. The van der Waals surface area contributed by atoms with Crippen LogP contribution in [0.25, 0.3) is 0 Å². The molecule has 0 bridgehead atoms. The zero-order chi connectivity index (χ0) is 47.2. The lowest BCUT2D eigenvalue weighted by Gasteiger charge is -2.18. The van der Waals surface area contributed by atoms with Crippen LogP contribution in [0.5, 0.6) is 0 Å². The van der Waals surface area contributed by atoms with Gasteiger partial charge < -0.3 is 14.2 Å². The number of hydrogen-bond acceptors (Lipinski definition) is 6. The molecule has 0 aliphatic carbocycles. The number of carbonyl (C=O) groups excluding carboxylic acids is 3. The second-order valence-electron chi connectivity index (χ2n) is 20.3. The Balaban J connectivity index is 3.88. The predicted molar refractivity (Wildman–Crippen MR) is 280 cm³/mol. The third-order valence-corrected chi connectivity index (χ3v) is 13.6. The Morgan fingerprint density at radius 2 is 0.415 bits per heavy atom. The highest BCUT2D eigenvalue weighted by Crippen LogP contribution is 2.18. The Morgan fingerprint density at radius 1 is 0.246 bits per heavy atom. The number of hydrogen-bond donors (Lipinski definition) is 0. The third kappa shape index (κ3) is 53.2. The summed E-state index contributed by atoms with van der Waals surface area (Å²) in [6.45, 7) is 6.61. The minimum absolute atomic E-state index is 0.0630. The Morgan fingerprint density at radius 3 is 0.615 bits per heavy atom. The largest absolute Gasteiger partial charge is 0.462 e. The first-order valence-electron chi connectivity index (χ1n) is 29.5. The molecule has 0 aliphatic heterocycles. The van der Waals surface area contributed by atoms with E-state index < -0.39 is 6.10 Å². The molecule has 0 aromatic rings. The van der Waals surface area contributed by atoms with Gasteiger partial charge in [0, 0.05) is 19.3 Å². The van der Waals surface area contributed by atoms with E-state index in [2.05, 4.69) is 20.8 Å². The van der Waals surface area contributed by atoms with Gasteiger partial charge in [-0.05, 0) is 19.3 Å². The summed E-state index contributed by atoms with van der Waals surface area (Å²) in [5, 5.41) is 0. The van der Waals surface area contributed by atoms with Gasteiger partial charge in [0.25, 0.3) is 0 Å². The molecule has 0 spiro atoms. The molecule has 0 rings (SSSR count). The summed E-state index contributed by atoms with van der Waals surface area (Å²) in [5.41, 5.74) is 0. The summed E-state index contributed by atoms with van der Waals surface area (Å²) >= 11 is 0. The Bertz CT molecular complexity index is 967. The van der Waals surface area contributed by atoms with E-state index in [-0.39, 0.29) is 31.1 Å². The fourth-order valence-electron chi connectivity index (χ4n) is 9.15. The highest BCUT2D eigenvalue weighted by Gasteiger charge is 2.19. The summed E-state index contributed by atoms with van der Waals surface area (Å²) in [6, 6.07) is 0. The number of unbranched alkanes of at least 4 members (excludes halogenated alkanes) is 44. The van der Waals surface area contributed by atoms with E-state index in [0.29, 0.717) is 19.3 Å². The summed E-state index contributed by atoms with van der Waals surface area (Å²) in [7, 11) is 0. The van der Waals surface area contributed by atoms with Gasteiger partial charge in [0.2, 0.25) is 0 Å². The normalized spacial score (nSPS) is 11.9. The van der Waals surface area contributed by atoms with Gasteiger partial charge >= 0.3 is 17.9 Å². The third-order valence-electron chi connectivity index (χ3n) is 13.6. The molecule has 0 aliphatic rings. The minimum Gasteiger partial charge on any atom is -0.462 e. The predicted octanol–water partition coefficient (Wildman–Crippen LogP) is 19.5. The first-order chi connectivity index (χ1) is 32.0. The van der Waals surface area contributed by atoms with E-state index in [0.717, 1.165) is 64.2 Å². The van der Waals surface area contributed by atoms with Gasteiger partial charge in [-0.1, -0.05) is 303 Å². The van der Waals surface area contributed by atoms with Crippen molar-refractivity contribution in [1.29, 1.82) is 0 Å². The first-order valence-corrected chi connectivity index (χ1v) is 29.5. The van der Waals surface area contributed by atoms with Crippen molar-refractivity contribution in [3.8, 4) is 0 Å². The van der Waals surface area contributed by atoms with Crippen molar-refractivity contribution in [2.45, 2.75) is 348 Å². The molecule has 0 radical (unpaired) electrons. The Labute approximate surface area is 406 Å². The molecule has 0 aromatic heterocycles. The van der Waals surface area contributed by atoms with Gasteiger partial charge in [-0.25, -0.2) is 0 Å². The summed E-state index contributed by atoms with van der Waals surface area (Å²) in [6.07, 6.45) is 61.7. The molecule has 0 amide bonds. The highest BCUT2D eigenvalue weighted by atomic mass is 16.6. The molecule has 1 unspecified atom stereocenters. The van der Waals surface area contributed by atoms with Crippen LogP contribution in [-0.2, 0) is 28.6 Å². The molecule has 6 nitrogen and oxygen atoms in total. The second-order valence-corrected chi connectivity index (χ2v) is 20.3. The van der Waals surface area contributed by atoms with Crippen LogP contribution < -0.4 is 0 Å². The lowest BCUT2D eigenvalue weighted by Crippen LogP contribution is -2.30. The molecule has 0 heterocycles. The van der Waals surface area contributed by atoms with Crippen molar-refractivity contribution in [1.82, 2.24) is 0 Å². The van der Waals surface area contributed by atoms with Gasteiger partial charge in [-0.15, -0.1) is 0 Å². The van der Waals surface area contributed by atoms with E-state index in [1.807, 2.05) is 0 Å².